The highest BCUT2D eigenvalue weighted by Crippen LogP contribution is 2.52. The van der Waals surface area contributed by atoms with Gasteiger partial charge in [0.15, 0.2) is 11.5 Å². The largest absolute Gasteiger partial charge is 0.508 e. The number of nitrogens with zero attached hydrogens (tertiary/aromatic N) is 1. The van der Waals surface area contributed by atoms with E-state index < -0.39 is 6.10 Å². The van der Waals surface area contributed by atoms with Gasteiger partial charge < -0.3 is 45.1 Å². The summed E-state index contributed by atoms with van der Waals surface area (Å²) in [5, 5.41) is 37.9. The number of hydrogen-bond donors (Lipinski definition) is 5. The van der Waals surface area contributed by atoms with Gasteiger partial charge in [0, 0.05) is 40.8 Å². The molecule has 9 heteroatoms. The molecule has 1 aromatic heterocycles. The van der Waals surface area contributed by atoms with Crippen LogP contribution in [0, 0.1) is 0 Å². The molecule has 332 valence electrons. The Bertz CT molecular complexity index is 2380. The van der Waals surface area contributed by atoms with Gasteiger partial charge in [0.25, 0.3) is 0 Å². The lowest BCUT2D eigenvalue weighted by atomic mass is 9.62. The van der Waals surface area contributed by atoms with Crippen molar-refractivity contribution in [3.63, 3.8) is 0 Å². The van der Waals surface area contributed by atoms with Gasteiger partial charge in [0.2, 0.25) is 0 Å². The first-order chi connectivity index (χ1) is 30.7. The minimum absolute atomic E-state index is 0.0987. The van der Waals surface area contributed by atoms with Crippen molar-refractivity contribution in [1.29, 1.82) is 0 Å². The number of nitrogens with two attached hydrogens (primary N) is 1. The molecule has 1 spiro atoms. The van der Waals surface area contributed by atoms with Crippen LogP contribution in [0.3, 0.4) is 0 Å². The highest BCUT2D eigenvalue weighted by molar-refractivity contribution is 5.88. The number of benzene rings is 4. The van der Waals surface area contributed by atoms with Crippen LogP contribution in [0.2, 0.25) is 0 Å². The molecule has 9 rings (SSSR count). The van der Waals surface area contributed by atoms with E-state index in [-0.39, 0.29) is 35.6 Å². The predicted molar refractivity (Wildman–Crippen MR) is 250 cm³/mol. The van der Waals surface area contributed by atoms with Crippen LogP contribution in [0.4, 0.5) is 0 Å². The molecule has 4 bridgehead atoms. The first-order valence-electron chi connectivity index (χ1n) is 23.5. The van der Waals surface area contributed by atoms with E-state index in [1.54, 1.807) is 18.2 Å². The Hall–Kier alpha value is -5.06. The number of ether oxygens (including phenoxy) is 3. The second-order valence-corrected chi connectivity index (χ2v) is 18.7. The number of phenols is 2. The molecule has 0 amide bonds. The maximum absolute atomic E-state index is 11.4. The summed E-state index contributed by atoms with van der Waals surface area (Å²) in [6, 6.07) is 28.8. The third-order valence-corrected chi connectivity index (χ3v) is 14.3. The number of aliphatic hydroxyl groups is 1. The molecule has 4 aromatic carbocycles. The third kappa shape index (κ3) is 10.0. The Kier molecular flexibility index (Phi) is 13.3. The smallest absolute Gasteiger partial charge is 0.161 e. The lowest BCUT2D eigenvalue weighted by Gasteiger charge is -2.50. The Morgan fingerprint density at radius 1 is 0.825 bits per heavy atom. The van der Waals surface area contributed by atoms with Gasteiger partial charge in [-0.2, -0.15) is 0 Å². The summed E-state index contributed by atoms with van der Waals surface area (Å²) < 4.78 is 22.3. The van der Waals surface area contributed by atoms with Gasteiger partial charge >= 0.3 is 0 Å². The van der Waals surface area contributed by atoms with E-state index in [4.69, 9.17) is 19.9 Å². The monoisotopic (exact) mass is 851 g/mol. The lowest BCUT2D eigenvalue weighted by molar-refractivity contribution is -0.119. The van der Waals surface area contributed by atoms with Crippen LogP contribution in [-0.2, 0) is 34.3 Å². The molecule has 1 saturated carbocycles. The number of rotatable bonds is 9. The fraction of sp³-hybridized carbons (Fsp3) is 0.444. The molecular weight excluding hydrogens is 787 g/mol. The lowest BCUT2D eigenvalue weighted by Crippen LogP contribution is -2.49. The van der Waals surface area contributed by atoms with E-state index in [2.05, 4.69) is 70.8 Å². The number of dihydropyridines is 1. The molecule has 5 aromatic rings. The van der Waals surface area contributed by atoms with E-state index >= 15 is 0 Å². The van der Waals surface area contributed by atoms with Crippen LogP contribution >= 0.6 is 0 Å². The highest BCUT2D eigenvalue weighted by atomic mass is 16.5. The summed E-state index contributed by atoms with van der Waals surface area (Å²) in [6.45, 7) is 1.35. The van der Waals surface area contributed by atoms with Crippen LogP contribution in [-0.4, -0.2) is 57.1 Å². The molecule has 3 aliphatic heterocycles. The highest BCUT2D eigenvalue weighted by Gasteiger charge is 2.48. The zero-order valence-corrected chi connectivity index (χ0v) is 36.7. The standard InChI is InChI=1S/C54H65N3O6/c55-51-24-19-40-35-61-47(14-8-2-1-5-11-38-15-20-45(58)21-16-38)32-46(59)22-17-39-18-23-49(60)50(29-39)62-36-42-31-44(30-41-33-57(34-48(41)42)52(40)56-51)54(43-12-6-3-7-13-43)27-28-63-53(37-54)25-9-4-10-26-53/h3,6-7,12-13,15-16,18-21,23-24,29-31,33-34,46-47,51,56,58-60H,1-2,4-5,8-11,14,17,22,25-28,32,35-37,55H2/t46-,47+,51?,54-/m1/s1. The second-order valence-electron chi connectivity index (χ2n) is 18.7. The molecule has 1 unspecified atom stereocenters. The van der Waals surface area contributed by atoms with Gasteiger partial charge in [-0.15, -0.1) is 0 Å². The number of nitrogens with one attached hydrogen (secondary N) is 1. The van der Waals surface area contributed by atoms with E-state index in [0.717, 1.165) is 97.5 Å². The average molecular weight is 852 g/mol. The predicted octanol–water partition coefficient (Wildman–Crippen LogP) is 10.3. The van der Waals surface area contributed by atoms with E-state index in [1.165, 1.54) is 36.0 Å². The molecular formula is C54H65N3O6. The summed E-state index contributed by atoms with van der Waals surface area (Å²) in [4.78, 5) is 0. The summed E-state index contributed by atoms with van der Waals surface area (Å²) in [7, 11) is 0. The van der Waals surface area contributed by atoms with Crippen molar-refractivity contribution in [2.24, 2.45) is 5.73 Å². The third-order valence-electron chi connectivity index (χ3n) is 14.3. The number of aryl methyl sites for hydroxylation is 2. The number of phenolic OH excluding ortho intramolecular Hbond substituents is 2. The Morgan fingerprint density at radius 3 is 2.49 bits per heavy atom. The van der Waals surface area contributed by atoms with Crippen molar-refractivity contribution in [3.05, 3.63) is 143 Å². The number of aliphatic hydroxyl groups excluding tert-OH is 1. The van der Waals surface area contributed by atoms with Gasteiger partial charge in [-0.25, -0.2) is 0 Å². The molecule has 2 fully saturated rings. The summed E-state index contributed by atoms with van der Waals surface area (Å²) in [6.07, 6.45) is 22.9. The SMILES string of the molecule is NC1C=CC2=C(N1)n1cc3cc([C@]4(c5ccccc5)CCOC5(CCCCC5)C4)cc(c3c1)COc1cc(ccc1O)CC[C@@H](O)C[C@H](CCCCCCc1ccc(O)cc1)OC2. The van der Waals surface area contributed by atoms with Crippen molar-refractivity contribution in [3.8, 4) is 17.2 Å². The van der Waals surface area contributed by atoms with E-state index in [0.29, 0.717) is 44.0 Å². The fourth-order valence-electron chi connectivity index (χ4n) is 10.8. The van der Waals surface area contributed by atoms with Gasteiger partial charge in [-0.1, -0.05) is 99.2 Å². The quantitative estimate of drug-likeness (QED) is 0.0927. The van der Waals surface area contributed by atoms with Gasteiger partial charge in [0.1, 0.15) is 18.2 Å². The second kappa shape index (κ2) is 19.4. The van der Waals surface area contributed by atoms with Crippen molar-refractivity contribution < 1.29 is 29.5 Å². The number of hydrogen-bond acceptors (Lipinski definition) is 8. The van der Waals surface area contributed by atoms with Crippen molar-refractivity contribution in [2.75, 3.05) is 13.2 Å². The Labute approximate surface area is 372 Å². The topological polar surface area (TPSA) is 131 Å². The van der Waals surface area contributed by atoms with E-state index in [9.17, 15) is 15.3 Å². The Balaban J connectivity index is 1.06. The van der Waals surface area contributed by atoms with Crippen molar-refractivity contribution in [1.82, 2.24) is 9.88 Å². The van der Waals surface area contributed by atoms with E-state index in [1.807, 2.05) is 30.3 Å². The molecule has 1 saturated heterocycles. The summed E-state index contributed by atoms with van der Waals surface area (Å²) in [5.74, 6) is 1.71. The van der Waals surface area contributed by atoms with Crippen molar-refractivity contribution in [2.45, 2.75) is 139 Å². The number of unbranched alkanes of at least 4 members (excludes halogenated alkanes) is 3. The molecule has 4 atom stereocenters. The van der Waals surface area contributed by atoms with Crippen molar-refractivity contribution >= 4 is 16.6 Å². The van der Waals surface area contributed by atoms with Crippen LogP contribution < -0.4 is 15.8 Å². The number of aromatic nitrogens is 1. The molecule has 9 nitrogen and oxygen atoms in total. The minimum Gasteiger partial charge on any atom is -0.508 e. The Morgan fingerprint density at radius 2 is 1.65 bits per heavy atom. The number of aromatic hydroxyl groups is 2. The summed E-state index contributed by atoms with van der Waals surface area (Å²) >= 11 is 0. The maximum atomic E-state index is 11.4. The first kappa shape index (κ1) is 43.2. The van der Waals surface area contributed by atoms with Gasteiger partial charge in [-0.3, -0.25) is 0 Å². The van der Waals surface area contributed by atoms with Crippen LogP contribution in [0.1, 0.15) is 118 Å². The molecule has 6 N–H and O–H groups in total. The molecule has 1 aliphatic carbocycles. The van der Waals surface area contributed by atoms with Crippen LogP contribution in [0.25, 0.3) is 16.6 Å². The number of fused-ring (bicyclic) bond motifs is 4. The summed E-state index contributed by atoms with van der Waals surface area (Å²) in [5.41, 5.74) is 13.0. The van der Waals surface area contributed by atoms with Crippen LogP contribution in [0.15, 0.2) is 115 Å². The fourth-order valence-corrected chi connectivity index (χ4v) is 10.8. The zero-order chi connectivity index (χ0) is 43.2. The van der Waals surface area contributed by atoms with Crippen LogP contribution in [0.5, 0.6) is 17.2 Å². The molecule has 63 heavy (non-hydrogen) atoms. The molecule has 0 radical (unpaired) electrons. The minimum atomic E-state index is -0.555. The normalized spacial score (nSPS) is 24.1. The first-order valence-corrected chi connectivity index (χ1v) is 23.5. The van der Waals surface area contributed by atoms with Gasteiger partial charge in [0.05, 0.1) is 30.6 Å². The van der Waals surface area contributed by atoms with Gasteiger partial charge in [-0.05, 0) is 128 Å². The molecule has 4 heterocycles. The maximum Gasteiger partial charge on any atom is 0.161 e. The molecule has 4 aliphatic rings. The average Bonchev–Trinajstić information content (AvgIpc) is 3.74. The zero-order valence-electron chi connectivity index (χ0n) is 36.7.